The van der Waals surface area contributed by atoms with Gasteiger partial charge in [-0.15, -0.1) is 0 Å². The molecule has 0 amide bonds. The van der Waals surface area contributed by atoms with E-state index in [1.165, 1.54) is 6.92 Å². The number of benzene rings is 2. The van der Waals surface area contributed by atoms with Crippen LogP contribution in [0, 0.1) is 0 Å². The van der Waals surface area contributed by atoms with Gasteiger partial charge >= 0.3 is 0 Å². The summed E-state index contributed by atoms with van der Waals surface area (Å²) in [5.41, 5.74) is 7.53. The summed E-state index contributed by atoms with van der Waals surface area (Å²) in [6.45, 7) is 1.51. The Morgan fingerprint density at radius 3 is 2.16 bits per heavy atom. The van der Waals surface area contributed by atoms with Crippen molar-refractivity contribution in [3.05, 3.63) is 54.1 Å². The van der Waals surface area contributed by atoms with Crippen molar-refractivity contribution in [3.8, 4) is 0 Å². The van der Waals surface area contributed by atoms with Crippen molar-refractivity contribution in [2.45, 2.75) is 11.8 Å². The third kappa shape index (κ3) is 3.42. The molecular weight excluding hydrogens is 260 g/mol. The van der Waals surface area contributed by atoms with Crippen molar-refractivity contribution in [2.75, 3.05) is 10.5 Å². The van der Waals surface area contributed by atoms with Gasteiger partial charge in [-0.1, -0.05) is 0 Å². The number of ketones is 1. The van der Waals surface area contributed by atoms with Crippen molar-refractivity contribution in [2.24, 2.45) is 0 Å². The van der Waals surface area contributed by atoms with E-state index in [1.54, 1.807) is 48.5 Å². The fraction of sp³-hybridized carbons (Fsp3) is 0.0714. The SMILES string of the molecule is CC(=O)c1ccc(NS(=O)c2ccc(N)cc2)cc1. The maximum Gasteiger partial charge on any atom is 0.159 e. The fourth-order valence-corrected chi connectivity index (χ4v) is 2.38. The van der Waals surface area contributed by atoms with E-state index in [-0.39, 0.29) is 5.78 Å². The molecule has 0 bridgehead atoms. The van der Waals surface area contributed by atoms with Crippen LogP contribution in [0.25, 0.3) is 0 Å². The van der Waals surface area contributed by atoms with Gasteiger partial charge in [0.25, 0.3) is 0 Å². The maximum atomic E-state index is 12.0. The first-order valence-electron chi connectivity index (χ1n) is 5.71. The monoisotopic (exact) mass is 274 g/mol. The minimum Gasteiger partial charge on any atom is -0.399 e. The van der Waals surface area contributed by atoms with E-state index < -0.39 is 11.0 Å². The molecule has 0 heterocycles. The van der Waals surface area contributed by atoms with Crippen molar-refractivity contribution in [1.29, 1.82) is 0 Å². The zero-order valence-electron chi connectivity index (χ0n) is 10.4. The molecule has 0 saturated heterocycles. The van der Waals surface area contributed by atoms with Crippen LogP contribution >= 0.6 is 0 Å². The predicted octanol–water partition coefficient (Wildman–Crippen LogP) is 2.61. The lowest BCUT2D eigenvalue weighted by Gasteiger charge is -2.06. The Morgan fingerprint density at radius 2 is 1.63 bits per heavy atom. The number of anilines is 2. The normalized spacial score (nSPS) is 11.8. The summed E-state index contributed by atoms with van der Waals surface area (Å²) < 4.78 is 14.9. The number of hydrogen-bond donors (Lipinski definition) is 2. The van der Waals surface area contributed by atoms with E-state index in [4.69, 9.17) is 5.73 Å². The van der Waals surface area contributed by atoms with Gasteiger partial charge in [0.05, 0.1) is 4.90 Å². The van der Waals surface area contributed by atoms with Gasteiger partial charge in [-0.3, -0.25) is 4.79 Å². The number of rotatable bonds is 4. The van der Waals surface area contributed by atoms with E-state index in [0.717, 1.165) is 0 Å². The topological polar surface area (TPSA) is 72.2 Å². The number of carbonyl (C=O) groups excluding carboxylic acids is 1. The lowest BCUT2D eigenvalue weighted by molar-refractivity contribution is 0.101. The summed E-state index contributed by atoms with van der Waals surface area (Å²) in [5, 5.41) is 0. The minimum absolute atomic E-state index is 0.00575. The molecule has 0 aromatic heterocycles. The molecule has 4 nitrogen and oxygen atoms in total. The Balaban J connectivity index is 2.10. The molecular formula is C14H14N2O2S. The number of carbonyl (C=O) groups is 1. The molecule has 5 heteroatoms. The van der Waals surface area contributed by atoms with Crippen molar-refractivity contribution < 1.29 is 9.00 Å². The highest BCUT2D eigenvalue weighted by Crippen LogP contribution is 2.15. The smallest absolute Gasteiger partial charge is 0.159 e. The number of nitrogens with one attached hydrogen (secondary N) is 1. The molecule has 19 heavy (non-hydrogen) atoms. The molecule has 98 valence electrons. The van der Waals surface area contributed by atoms with Crippen LogP contribution in [0.15, 0.2) is 53.4 Å². The summed E-state index contributed by atoms with van der Waals surface area (Å²) in [7, 11) is -1.35. The highest BCUT2D eigenvalue weighted by Gasteiger charge is 2.04. The zero-order chi connectivity index (χ0) is 13.8. The molecule has 0 radical (unpaired) electrons. The molecule has 2 rings (SSSR count). The van der Waals surface area contributed by atoms with Gasteiger partial charge in [-0.2, -0.15) is 0 Å². The van der Waals surface area contributed by atoms with Crippen LogP contribution in [-0.4, -0.2) is 9.99 Å². The van der Waals surface area contributed by atoms with Crippen LogP contribution in [0.4, 0.5) is 11.4 Å². The van der Waals surface area contributed by atoms with Gasteiger partial charge < -0.3 is 10.5 Å². The number of hydrogen-bond acceptors (Lipinski definition) is 3. The molecule has 0 aliphatic carbocycles. The average Bonchev–Trinajstić information content (AvgIpc) is 2.40. The molecule has 0 aliphatic heterocycles. The quantitative estimate of drug-likeness (QED) is 0.665. The first kappa shape index (κ1) is 13.3. The second-order valence-electron chi connectivity index (χ2n) is 4.07. The molecule has 0 saturated carbocycles. The Labute approximate surface area is 114 Å². The first-order chi connectivity index (χ1) is 9.06. The Bertz CT molecular complexity index is 606. The second kappa shape index (κ2) is 5.67. The van der Waals surface area contributed by atoms with E-state index >= 15 is 0 Å². The van der Waals surface area contributed by atoms with E-state index in [9.17, 15) is 9.00 Å². The van der Waals surface area contributed by atoms with Crippen LogP contribution in [0.3, 0.4) is 0 Å². The first-order valence-corrected chi connectivity index (χ1v) is 6.86. The highest BCUT2D eigenvalue weighted by molar-refractivity contribution is 7.86. The molecule has 1 unspecified atom stereocenters. The Morgan fingerprint density at radius 1 is 1.05 bits per heavy atom. The van der Waals surface area contributed by atoms with Crippen molar-refractivity contribution >= 4 is 28.1 Å². The lowest BCUT2D eigenvalue weighted by Crippen LogP contribution is -2.05. The van der Waals surface area contributed by atoms with Gasteiger partial charge in [-0.25, -0.2) is 4.21 Å². The number of nitrogens with two attached hydrogens (primary N) is 1. The molecule has 2 aromatic carbocycles. The molecule has 1 atom stereocenters. The molecule has 0 fully saturated rings. The van der Waals surface area contributed by atoms with Crippen LogP contribution < -0.4 is 10.5 Å². The van der Waals surface area contributed by atoms with Crippen LogP contribution in [0.1, 0.15) is 17.3 Å². The summed E-state index contributed by atoms with van der Waals surface area (Å²) in [5.74, 6) is 0.00575. The highest BCUT2D eigenvalue weighted by atomic mass is 32.2. The van der Waals surface area contributed by atoms with E-state index in [1.807, 2.05) is 0 Å². The zero-order valence-corrected chi connectivity index (χ0v) is 11.2. The van der Waals surface area contributed by atoms with Gasteiger partial charge in [-0.05, 0) is 55.5 Å². The summed E-state index contributed by atoms with van der Waals surface area (Å²) >= 11 is 0. The van der Waals surface area contributed by atoms with Crippen molar-refractivity contribution in [3.63, 3.8) is 0 Å². The fourth-order valence-electron chi connectivity index (χ4n) is 1.53. The van der Waals surface area contributed by atoms with Crippen LogP contribution in [0.5, 0.6) is 0 Å². The standard InChI is InChI=1S/C14H14N2O2S/c1-10(17)11-2-6-13(7-3-11)16-19(18)14-8-4-12(15)5-9-14/h2-9,16H,15H2,1H3. The Kier molecular flexibility index (Phi) is 3.97. The van der Waals surface area contributed by atoms with Gasteiger partial charge in [0.2, 0.25) is 0 Å². The van der Waals surface area contributed by atoms with Gasteiger partial charge in [0.1, 0.15) is 11.0 Å². The van der Waals surface area contributed by atoms with E-state index in [0.29, 0.717) is 21.8 Å². The molecule has 3 N–H and O–H groups in total. The third-order valence-electron chi connectivity index (χ3n) is 2.60. The molecule has 2 aromatic rings. The van der Waals surface area contributed by atoms with Crippen molar-refractivity contribution in [1.82, 2.24) is 0 Å². The van der Waals surface area contributed by atoms with Gasteiger partial charge in [0.15, 0.2) is 5.78 Å². The molecule has 0 spiro atoms. The lowest BCUT2D eigenvalue weighted by atomic mass is 10.1. The molecule has 0 aliphatic rings. The predicted molar refractivity (Wildman–Crippen MR) is 77.3 cm³/mol. The largest absolute Gasteiger partial charge is 0.399 e. The maximum absolute atomic E-state index is 12.0. The number of nitrogen functional groups attached to an aromatic ring is 1. The second-order valence-corrected chi connectivity index (χ2v) is 5.29. The summed E-state index contributed by atoms with van der Waals surface area (Å²) in [4.78, 5) is 11.8. The summed E-state index contributed by atoms with van der Waals surface area (Å²) in [6, 6.07) is 13.7. The summed E-state index contributed by atoms with van der Waals surface area (Å²) in [6.07, 6.45) is 0. The Hall–Kier alpha value is -2.14. The average molecular weight is 274 g/mol. The van der Waals surface area contributed by atoms with E-state index in [2.05, 4.69) is 4.72 Å². The van der Waals surface area contributed by atoms with Crippen LogP contribution in [0.2, 0.25) is 0 Å². The number of Topliss-reactive ketones (excluding diaryl/α,β-unsaturated/α-hetero) is 1. The van der Waals surface area contributed by atoms with Gasteiger partial charge in [0, 0.05) is 16.9 Å². The minimum atomic E-state index is -1.35. The third-order valence-corrected chi connectivity index (χ3v) is 3.72. The van der Waals surface area contributed by atoms with Crippen LogP contribution in [-0.2, 0) is 11.0 Å².